The molecule has 3 aromatic carbocycles. The maximum Gasteiger partial charge on any atom is 0.269 e. The Morgan fingerprint density at radius 2 is 1.89 bits per heavy atom. The Balaban J connectivity index is 1.64. The molecule has 0 aromatic heterocycles. The van der Waals surface area contributed by atoms with E-state index in [2.05, 4.69) is 10.2 Å². The third-order valence-corrected chi connectivity index (χ3v) is 8.92. The molecular weight excluding hydrogens is 474 g/mol. The van der Waals surface area contributed by atoms with Crippen molar-refractivity contribution in [3.63, 3.8) is 0 Å². The number of anilines is 1. The van der Waals surface area contributed by atoms with Crippen LogP contribution >= 0.6 is 11.8 Å². The molecule has 8 heteroatoms. The van der Waals surface area contributed by atoms with Gasteiger partial charge in [-0.05, 0) is 25.0 Å². The molecule has 0 unspecified atom stereocenters. The Bertz CT molecular complexity index is 1430. The number of fused-ring (bicyclic) bond motifs is 4. The summed E-state index contributed by atoms with van der Waals surface area (Å²) in [5.41, 5.74) is 3.64. The smallest absolute Gasteiger partial charge is 0.269 e. The first-order valence-corrected chi connectivity index (χ1v) is 13.1. The van der Waals surface area contributed by atoms with Gasteiger partial charge in [-0.3, -0.25) is 24.6 Å². The van der Waals surface area contributed by atoms with Gasteiger partial charge in [-0.25, -0.2) is 0 Å². The summed E-state index contributed by atoms with van der Waals surface area (Å²) in [6, 6.07) is 19.6. The molecule has 36 heavy (non-hydrogen) atoms. The number of thioether (sulfide) groups is 1. The zero-order valence-corrected chi connectivity index (χ0v) is 20.7. The normalized spacial score (nSPS) is 26.6. The van der Waals surface area contributed by atoms with Crippen LogP contribution in [0.2, 0.25) is 0 Å². The fourth-order valence-electron chi connectivity index (χ4n) is 6.53. The lowest BCUT2D eigenvalue weighted by Gasteiger charge is -2.36. The second-order valence-electron chi connectivity index (χ2n) is 9.85. The van der Waals surface area contributed by atoms with E-state index in [-0.39, 0.29) is 29.3 Å². The number of nitrogens with one attached hydrogen (secondary N) is 1. The van der Waals surface area contributed by atoms with E-state index in [0.29, 0.717) is 11.4 Å². The molecule has 3 aliphatic rings. The number of rotatable bonds is 4. The van der Waals surface area contributed by atoms with Gasteiger partial charge in [-0.2, -0.15) is 0 Å². The molecule has 2 fully saturated rings. The van der Waals surface area contributed by atoms with Gasteiger partial charge in [0.1, 0.15) is 5.54 Å². The van der Waals surface area contributed by atoms with Gasteiger partial charge in [0.25, 0.3) is 5.69 Å². The lowest BCUT2D eigenvalue weighted by molar-refractivity contribution is -0.384. The number of carbonyl (C=O) groups excluding carboxylic acids is 2. The number of ketones is 1. The van der Waals surface area contributed by atoms with Crippen LogP contribution in [-0.4, -0.2) is 39.2 Å². The van der Waals surface area contributed by atoms with Gasteiger partial charge in [0.2, 0.25) is 5.91 Å². The van der Waals surface area contributed by atoms with Crippen LogP contribution in [0, 0.1) is 29.9 Å². The van der Waals surface area contributed by atoms with Crippen molar-refractivity contribution in [1.29, 1.82) is 0 Å². The largest absolute Gasteiger partial charge is 0.324 e. The monoisotopic (exact) mass is 499 g/mol. The molecule has 3 aromatic rings. The van der Waals surface area contributed by atoms with E-state index in [1.807, 2.05) is 50.2 Å². The Morgan fingerprint density at radius 3 is 2.64 bits per heavy atom. The van der Waals surface area contributed by atoms with Crippen molar-refractivity contribution < 1.29 is 14.5 Å². The molecular formula is C28H25N3O4S. The minimum Gasteiger partial charge on any atom is -0.324 e. The molecule has 1 spiro atoms. The molecule has 1 amide bonds. The van der Waals surface area contributed by atoms with Crippen LogP contribution in [0.5, 0.6) is 0 Å². The number of hydrogen-bond donors (Lipinski definition) is 1. The van der Waals surface area contributed by atoms with Gasteiger partial charge >= 0.3 is 0 Å². The lowest BCUT2D eigenvalue weighted by Crippen LogP contribution is -2.52. The van der Waals surface area contributed by atoms with E-state index in [9.17, 15) is 19.7 Å². The van der Waals surface area contributed by atoms with Crippen molar-refractivity contribution in [2.45, 2.75) is 31.3 Å². The SMILES string of the molecule is Cc1cc(C)c2c(c1)[C@]1(C(=O)N2)[C@H](C(=O)c2ccccc2)[C@H](c2cccc([N+](=O)[O-])c2)[C@H]2CSCN21. The molecule has 3 aliphatic heterocycles. The number of benzene rings is 3. The molecule has 182 valence electrons. The summed E-state index contributed by atoms with van der Waals surface area (Å²) >= 11 is 1.73. The van der Waals surface area contributed by atoms with Gasteiger partial charge in [0, 0.05) is 52.5 Å². The molecule has 2 saturated heterocycles. The van der Waals surface area contributed by atoms with E-state index in [1.165, 1.54) is 6.07 Å². The van der Waals surface area contributed by atoms with Crippen molar-refractivity contribution in [3.8, 4) is 0 Å². The Hall–Kier alpha value is -3.49. The predicted octanol–water partition coefficient (Wildman–Crippen LogP) is 5.03. The molecule has 0 aliphatic carbocycles. The maximum atomic E-state index is 14.4. The summed E-state index contributed by atoms with van der Waals surface area (Å²) in [7, 11) is 0. The number of amides is 1. The molecule has 0 radical (unpaired) electrons. The molecule has 4 atom stereocenters. The number of aryl methyl sites for hydroxylation is 2. The number of Topliss-reactive ketones (excluding diaryl/α,β-unsaturated/α-hetero) is 1. The zero-order valence-electron chi connectivity index (χ0n) is 19.9. The predicted molar refractivity (Wildman–Crippen MR) is 139 cm³/mol. The molecule has 1 N–H and O–H groups in total. The van der Waals surface area contributed by atoms with Crippen LogP contribution in [-0.2, 0) is 10.3 Å². The third-order valence-electron chi connectivity index (χ3n) is 7.88. The summed E-state index contributed by atoms with van der Waals surface area (Å²) in [5.74, 6) is -0.0924. The number of hydrogen-bond acceptors (Lipinski definition) is 6. The Kier molecular flexibility index (Phi) is 5.28. The van der Waals surface area contributed by atoms with Crippen LogP contribution in [0.15, 0.2) is 66.7 Å². The minimum atomic E-state index is -1.19. The summed E-state index contributed by atoms with van der Waals surface area (Å²) in [4.78, 5) is 42.0. The van der Waals surface area contributed by atoms with E-state index in [4.69, 9.17) is 0 Å². The van der Waals surface area contributed by atoms with Crippen LogP contribution < -0.4 is 5.32 Å². The van der Waals surface area contributed by atoms with E-state index >= 15 is 0 Å². The molecule has 0 saturated carbocycles. The van der Waals surface area contributed by atoms with Gasteiger partial charge in [0.15, 0.2) is 5.78 Å². The highest BCUT2D eigenvalue weighted by Gasteiger charge is 2.69. The van der Waals surface area contributed by atoms with Crippen molar-refractivity contribution in [2.24, 2.45) is 5.92 Å². The standard InChI is InChI=1S/C28H25N3O4S/c1-16-11-17(2)25-21(12-16)28(27(33)29-25)24(26(32)18-7-4-3-5-8-18)23(22-14-36-15-30(22)28)19-9-6-10-20(13-19)31(34)35/h3-13,22-24H,14-15H2,1-2H3,(H,29,33)/t22-,23-,24+,28-/m1/s1. The molecule has 6 rings (SSSR count). The van der Waals surface area contributed by atoms with Crippen molar-refractivity contribution in [1.82, 2.24) is 4.90 Å². The highest BCUT2D eigenvalue weighted by atomic mass is 32.2. The van der Waals surface area contributed by atoms with Gasteiger partial charge in [-0.1, -0.05) is 60.2 Å². The minimum absolute atomic E-state index is 0.0143. The summed E-state index contributed by atoms with van der Waals surface area (Å²) in [6.45, 7) is 3.98. The zero-order chi connectivity index (χ0) is 25.2. The second-order valence-corrected chi connectivity index (χ2v) is 10.8. The maximum absolute atomic E-state index is 14.4. The molecule has 7 nitrogen and oxygen atoms in total. The van der Waals surface area contributed by atoms with Crippen LogP contribution in [0.25, 0.3) is 0 Å². The highest BCUT2D eigenvalue weighted by molar-refractivity contribution is 7.99. The van der Waals surface area contributed by atoms with Crippen molar-refractivity contribution >= 4 is 34.8 Å². The van der Waals surface area contributed by atoms with Crippen molar-refractivity contribution in [3.05, 3.63) is 105 Å². The third kappa shape index (κ3) is 3.10. The van der Waals surface area contributed by atoms with E-state index in [0.717, 1.165) is 33.7 Å². The lowest BCUT2D eigenvalue weighted by atomic mass is 9.69. The first kappa shape index (κ1) is 22.9. The van der Waals surface area contributed by atoms with Gasteiger partial charge in [0.05, 0.1) is 10.8 Å². The summed E-state index contributed by atoms with van der Waals surface area (Å²) in [6.07, 6.45) is 0. The number of carbonyl (C=O) groups is 2. The number of nitro benzene ring substituents is 1. The first-order valence-electron chi connectivity index (χ1n) is 12.0. The molecule has 3 heterocycles. The average molecular weight is 500 g/mol. The summed E-state index contributed by atoms with van der Waals surface area (Å²) < 4.78 is 0. The quantitative estimate of drug-likeness (QED) is 0.308. The van der Waals surface area contributed by atoms with Crippen molar-refractivity contribution in [2.75, 3.05) is 16.9 Å². The second kappa shape index (κ2) is 8.28. The average Bonchev–Trinajstić information content (AvgIpc) is 3.53. The van der Waals surface area contributed by atoms with E-state index < -0.39 is 16.4 Å². The summed E-state index contributed by atoms with van der Waals surface area (Å²) in [5, 5.41) is 14.8. The first-order chi connectivity index (χ1) is 17.3. The van der Waals surface area contributed by atoms with Crippen LogP contribution in [0.3, 0.4) is 0 Å². The topological polar surface area (TPSA) is 92.5 Å². The number of nitrogens with zero attached hydrogens (tertiary/aromatic N) is 2. The Labute approximate surface area is 213 Å². The number of nitro groups is 1. The number of non-ortho nitro benzene ring substituents is 1. The van der Waals surface area contributed by atoms with Gasteiger partial charge < -0.3 is 5.32 Å². The fraction of sp³-hybridized carbons (Fsp3) is 0.286. The highest BCUT2D eigenvalue weighted by Crippen LogP contribution is 2.61. The van der Waals surface area contributed by atoms with Gasteiger partial charge in [-0.15, -0.1) is 11.8 Å². The van der Waals surface area contributed by atoms with Crippen LogP contribution in [0.1, 0.15) is 38.5 Å². The fourth-order valence-corrected chi connectivity index (χ4v) is 7.86. The Morgan fingerprint density at radius 1 is 1.11 bits per heavy atom. The van der Waals surface area contributed by atoms with Crippen LogP contribution in [0.4, 0.5) is 11.4 Å². The van der Waals surface area contributed by atoms with E-state index in [1.54, 1.807) is 36.0 Å². The molecule has 0 bridgehead atoms.